The summed E-state index contributed by atoms with van der Waals surface area (Å²) in [4.78, 5) is 3.34. The van der Waals surface area contributed by atoms with E-state index in [9.17, 15) is 0 Å². The van der Waals surface area contributed by atoms with Gasteiger partial charge in [0.25, 0.3) is 0 Å². The first-order valence-electron chi connectivity index (χ1n) is 4.69. The number of anilines is 1. The molecular formula is C12H14N2. The standard InChI is InChI=1S/C12H14N2/c1-8-7-9(2)14-12(8)10-3-5-11(13)6-4-10/h3-7,14H,13H2,1-2H3. The van der Waals surface area contributed by atoms with E-state index in [-0.39, 0.29) is 0 Å². The number of hydrogen-bond donors (Lipinski definition) is 2. The van der Waals surface area contributed by atoms with Crippen LogP contribution in [0.25, 0.3) is 11.3 Å². The first-order valence-corrected chi connectivity index (χ1v) is 4.69. The Labute approximate surface area is 83.8 Å². The maximum absolute atomic E-state index is 5.64. The zero-order valence-corrected chi connectivity index (χ0v) is 8.46. The number of aryl methyl sites for hydroxylation is 2. The van der Waals surface area contributed by atoms with Crippen molar-refractivity contribution in [3.8, 4) is 11.3 Å². The molecule has 0 aliphatic rings. The van der Waals surface area contributed by atoms with Gasteiger partial charge in [0, 0.05) is 17.1 Å². The monoisotopic (exact) mass is 186 g/mol. The fourth-order valence-electron chi connectivity index (χ4n) is 1.68. The van der Waals surface area contributed by atoms with Crippen LogP contribution < -0.4 is 5.73 Å². The van der Waals surface area contributed by atoms with Crippen LogP contribution in [0.15, 0.2) is 30.3 Å². The van der Waals surface area contributed by atoms with Crippen LogP contribution in [0.2, 0.25) is 0 Å². The molecule has 0 aliphatic heterocycles. The normalized spacial score (nSPS) is 10.4. The summed E-state index contributed by atoms with van der Waals surface area (Å²) in [5, 5.41) is 0. The highest BCUT2D eigenvalue weighted by atomic mass is 14.7. The SMILES string of the molecule is Cc1cc(C)c(-c2ccc(N)cc2)[nH]1. The van der Waals surface area contributed by atoms with Crippen LogP contribution in [-0.4, -0.2) is 4.98 Å². The Hall–Kier alpha value is -1.70. The molecule has 0 saturated carbocycles. The summed E-state index contributed by atoms with van der Waals surface area (Å²) in [6.45, 7) is 4.17. The van der Waals surface area contributed by atoms with Gasteiger partial charge < -0.3 is 10.7 Å². The molecule has 0 unspecified atom stereocenters. The lowest BCUT2D eigenvalue weighted by Gasteiger charge is -2.00. The van der Waals surface area contributed by atoms with Crippen molar-refractivity contribution in [1.82, 2.24) is 4.98 Å². The highest BCUT2D eigenvalue weighted by molar-refractivity contribution is 5.65. The van der Waals surface area contributed by atoms with Gasteiger partial charge in [0.15, 0.2) is 0 Å². The summed E-state index contributed by atoms with van der Waals surface area (Å²) >= 11 is 0. The summed E-state index contributed by atoms with van der Waals surface area (Å²) in [5.41, 5.74) is 11.3. The first kappa shape index (κ1) is 8.88. The molecule has 2 rings (SSSR count). The molecule has 72 valence electrons. The Morgan fingerprint density at radius 3 is 2.21 bits per heavy atom. The van der Waals surface area contributed by atoms with Gasteiger partial charge >= 0.3 is 0 Å². The van der Waals surface area contributed by atoms with Crippen molar-refractivity contribution in [2.75, 3.05) is 5.73 Å². The molecule has 0 atom stereocenters. The van der Waals surface area contributed by atoms with Crippen LogP contribution in [-0.2, 0) is 0 Å². The minimum atomic E-state index is 0.801. The van der Waals surface area contributed by atoms with Crippen LogP contribution >= 0.6 is 0 Å². The van der Waals surface area contributed by atoms with Gasteiger partial charge in [0.1, 0.15) is 0 Å². The second-order valence-electron chi connectivity index (χ2n) is 3.63. The fourth-order valence-corrected chi connectivity index (χ4v) is 1.68. The van der Waals surface area contributed by atoms with Gasteiger partial charge in [-0.05, 0) is 43.2 Å². The zero-order valence-electron chi connectivity index (χ0n) is 8.46. The largest absolute Gasteiger partial charge is 0.399 e. The molecule has 0 fully saturated rings. The van der Waals surface area contributed by atoms with Gasteiger partial charge in [0.2, 0.25) is 0 Å². The molecule has 2 aromatic rings. The third kappa shape index (κ3) is 1.51. The molecule has 1 aromatic carbocycles. The molecule has 0 bridgehead atoms. The molecule has 1 aromatic heterocycles. The predicted molar refractivity (Wildman–Crippen MR) is 60.1 cm³/mol. The molecule has 1 heterocycles. The minimum absolute atomic E-state index is 0.801. The van der Waals surface area contributed by atoms with Crippen molar-refractivity contribution in [3.05, 3.63) is 41.6 Å². The topological polar surface area (TPSA) is 41.8 Å². The van der Waals surface area contributed by atoms with Gasteiger partial charge in [-0.25, -0.2) is 0 Å². The van der Waals surface area contributed by atoms with Gasteiger partial charge in [-0.1, -0.05) is 12.1 Å². The van der Waals surface area contributed by atoms with E-state index in [1.165, 1.54) is 22.5 Å². The second-order valence-corrected chi connectivity index (χ2v) is 3.63. The molecule has 0 saturated heterocycles. The number of nitrogen functional groups attached to an aromatic ring is 1. The average Bonchev–Trinajstić information content (AvgIpc) is 2.47. The first-order chi connectivity index (χ1) is 6.66. The Kier molecular flexibility index (Phi) is 2.04. The highest BCUT2D eigenvalue weighted by Gasteiger charge is 2.03. The molecule has 2 nitrogen and oxygen atoms in total. The number of aromatic amines is 1. The molecule has 3 N–H and O–H groups in total. The number of hydrogen-bond acceptors (Lipinski definition) is 1. The van der Waals surface area contributed by atoms with Gasteiger partial charge in [-0.15, -0.1) is 0 Å². The molecular weight excluding hydrogens is 172 g/mol. The second kappa shape index (κ2) is 3.22. The lowest BCUT2D eigenvalue weighted by Crippen LogP contribution is -1.85. The number of H-pyrrole nitrogens is 1. The van der Waals surface area contributed by atoms with Crippen LogP contribution in [0.5, 0.6) is 0 Å². The summed E-state index contributed by atoms with van der Waals surface area (Å²) < 4.78 is 0. The third-order valence-electron chi connectivity index (χ3n) is 2.35. The number of benzene rings is 1. The number of nitrogens with two attached hydrogens (primary N) is 1. The van der Waals surface area contributed by atoms with E-state index >= 15 is 0 Å². The van der Waals surface area contributed by atoms with Crippen LogP contribution in [0.1, 0.15) is 11.3 Å². The predicted octanol–water partition coefficient (Wildman–Crippen LogP) is 2.88. The van der Waals surface area contributed by atoms with E-state index in [0.717, 1.165) is 5.69 Å². The van der Waals surface area contributed by atoms with E-state index in [1.54, 1.807) is 0 Å². The highest BCUT2D eigenvalue weighted by Crippen LogP contribution is 2.23. The Bertz CT molecular complexity index is 438. The van der Waals surface area contributed by atoms with Gasteiger partial charge in [-0.3, -0.25) is 0 Å². The molecule has 0 amide bonds. The Balaban J connectivity index is 2.49. The zero-order chi connectivity index (χ0) is 10.1. The third-order valence-corrected chi connectivity index (χ3v) is 2.35. The lowest BCUT2D eigenvalue weighted by molar-refractivity contribution is 1.26. The Morgan fingerprint density at radius 2 is 1.71 bits per heavy atom. The van der Waals surface area contributed by atoms with E-state index in [2.05, 4.69) is 24.9 Å². The summed E-state index contributed by atoms with van der Waals surface area (Å²) in [5.74, 6) is 0. The minimum Gasteiger partial charge on any atom is -0.399 e. The number of rotatable bonds is 1. The molecule has 0 radical (unpaired) electrons. The smallest absolute Gasteiger partial charge is 0.0485 e. The van der Waals surface area contributed by atoms with Crippen molar-refractivity contribution in [2.45, 2.75) is 13.8 Å². The van der Waals surface area contributed by atoms with Crippen LogP contribution in [0.4, 0.5) is 5.69 Å². The van der Waals surface area contributed by atoms with Crippen LogP contribution in [0.3, 0.4) is 0 Å². The molecule has 14 heavy (non-hydrogen) atoms. The summed E-state index contributed by atoms with van der Waals surface area (Å²) in [7, 11) is 0. The quantitative estimate of drug-likeness (QED) is 0.661. The molecule has 0 spiro atoms. The lowest BCUT2D eigenvalue weighted by atomic mass is 10.1. The summed E-state index contributed by atoms with van der Waals surface area (Å²) in [6.07, 6.45) is 0. The number of aromatic nitrogens is 1. The van der Waals surface area contributed by atoms with Crippen molar-refractivity contribution >= 4 is 5.69 Å². The van der Waals surface area contributed by atoms with Crippen molar-refractivity contribution in [3.63, 3.8) is 0 Å². The van der Waals surface area contributed by atoms with Crippen molar-refractivity contribution in [1.29, 1.82) is 0 Å². The van der Waals surface area contributed by atoms with Gasteiger partial charge in [0.05, 0.1) is 0 Å². The summed E-state index contributed by atoms with van der Waals surface area (Å²) in [6, 6.07) is 10.1. The maximum Gasteiger partial charge on any atom is 0.0485 e. The average molecular weight is 186 g/mol. The van der Waals surface area contributed by atoms with E-state index < -0.39 is 0 Å². The van der Waals surface area contributed by atoms with Crippen molar-refractivity contribution < 1.29 is 0 Å². The van der Waals surface area contributed by atoms with Crippen molar-refractivity contribution in [2.24, 2.45) is 0 Å². The fraction of sp³-hybridized carbons (Fsp3) is 0.167. The van der Waals surface area contributed by atoms with Crippen LogP contribution in [0, 0.1) is 13.8 Å². The van der Waals surface area contributed by atoms with E-state index in [4.69, 9.17) is 5.73 Å². The molecule has 0 aliphatic carbocycles. The number of nitrogens with one attached hydrogen (secondary N) is 1. The maximum atomic E-state index is 5.64. The van der Waals surface area contributed by atoms with Gasteiger partial charge in [-0.2, -0.15) is 0 Å². The van der Waals surface area contributed by atoms with E-state index in [1.807, 2.05) is 24.3 Å². The van der Waals surface area contributed by atoms with E-state index in [0.29, 0.717) is 0 Å². The Morgan fingerprint density at radius 1 is 1.07 bits per heavy atom. The molecule has 2 heteroatoms.